The van der Waals surface area contributed by atoms with Crippen LogP contribution in [-0.2, 0) is 4.79 Å². The van der Waals surface area contributed by atoms with E-state index in [1.807, 2.05) is 12.1 Å². The van der Waals surface area contributed by atoms with E-state index in [0.29, 0.717) is 18.4 Å². The molecule has 120 valence electrons. The smallest absolute Gasteiger partial charge is 0.303 e. The molecule has 0 bridgehead atoms. The predicted octanol–water partition coefficient (Wildman–Crippen LogP) is 3.77. The first kappa shape index (κ1) is 15.8. The average molecular weight is 309 g/mol. The number of benzene rings is 2. The number of carboxylic acids is 1. The summed E-state index contributed by atoms with van der Waals surface area (Å²) in [5.74, 6) is -0.112. The molecule has 3 heteroatoms. The monoisotopic (exact) mass is 309 g/mol. The molecule has 0 saturated heterocycles. The van der Waals surface area contributed by atoms with E-state index < -0.39 is 5.97 Å². The lowest BCUT2D eigenvalue weighted by Crippen LogP contribution is -2.30. The molecule has 0 aromatic heterocycles. The standard InChI is InChI=1S/C20H23NO2/c21-14-20(13-19(22)23)11-17(15-7-3-1-4-8-15)18(12-20)16-9-5-2-6-10-16/h1-10,17-18H,11-14,21H2,(H,22,23)/t17-,18-/m0/s1. The number of hydrogen-bond acceptors (Lipinski definition) is 2. The van der Waals surface area contributed by atoms with Crippen molar-refractivity contribution in [3.05, 3.63) is 71.8 Å². The van der Waals surface area contributed by atoms with E-state index in [9.17, 15) is 9.90 Å². The molecule has 0 unspecified atom stereocenters. The highest BCUT2D eigenvalue weighted by atomic mass is 16.4. The van der Waals surface area contributed by atoms with Crippen LogP contribution >= 0.6 is 0 Å². The highest BCUT2D eigenvalue weighted by molar-refractivity contribution is 5.68. The second kappa shape index (κ2) is 6.55. The van der Waals surface area contributed by atoms with Gasteiger partial charge in [-0.2, -0.15) is 0 Å². The third kappa shape index (κ3) is 3.30. The van der Waals surface area contributed by atoms with Gasteiger partial charge in [-0.25, -0.2) is 0 Å². The Labute approximate surface area is 137 Å². The van der Waals surface area contributed by atoms with Crippen LogP contribution in [0, 0.1) is 5.41 Å². The lowest BCUT2D eigenvalue weighted by Gasteiger charge is -2.25. The third-order valence-corrected chi connectivity index (χ3v) is 5.21. The summed E-state index contributed by atoms with van der Waals surface area (Å²) < 4.78 is 0. The van der Waals surface area contributed by atoms with Gasteiger partial charge in [0, 0.05) is 0 Å². The lowest BCUT2D eigenvalue weighted by atomic mass is 9.81. The molecule has 23 heavy (non-hydrogen) atoms. The molecular formula is C20H23NO2. The van der Waals surface area contributed by atoms with Gasteiger partial charge in [-0.15, -0.1) is 0 Å². The SMILES string of the molecule is NCC1(CC(=O)O)C[C@@H](c2ccccc2)[C@H](c2ccccc2)C1. The minimum atomic E-state index is -0.754. The molecule has 2 aromatic carbocycles. The van der Waals surface area contributed by atoms with E-state index in [2.05, 4.69) is 48.5 Å². The number of aliphatic carboxylic acids is 1. The van der Waals surface area contributed by atoms with Crippen molar-refractivity contribution in [3.63, 3.8) is 0 Å². The van der Waals surface area contributed by atoms with Gasteiger partial charge in [0.2, 0.25) is 0 Å². The fraction of sp³-hybridized carbons (Fsp3) is 0.350. The van der Waals surface area contributed by atoms with Gasteiger partial charge in [0.1, 0.15) is 0 Å². The Morgan fingerprint density at radius 3 is 1.74 bits per heavy atom. The quantitative estimate of drug-likeness (QED) is 0.883. The van der Waals surface area contributed by atoms with Gasteiger partial charge in [-0.05, 0) is 47.8 Å². The fourth-order valence-corrected chi connectivity index (χ4v) is 4.11. The first-order valence-electron chi connectivity index (χ1n) is 8.15. The van der Waals surface area contributed by atoms with Crippen molar-refractivity contribution in [1.82, 2.24) is 0 Å². The molecule has 3 N–H and O–H groups in total. The second-order valence-electron chi connectivity index (χ2n) is 6.72. The van der Waals surface area contributed by atoms with Crippen molar-refractivity contribution < 1.29 is 9.90 Å². The van der Waals surface area contributed by atoms with Gasteiger partial charge in [0.15, 0.2) is 0 Å². The van der Waals surface area contributed by atoms with Gasteiger partial charge >= 0.3 is 5.97 Å². The summed E-state index contributed by atoms with van der Waals surface area (Å²) in [5, 5.41) is 9.33. The van der Waals surface area contributed by atoms with Gasteiger partial charge in [-0.1, -0.05) is 60.7 Å². The molecule has 3 nitrogen and oxygen atoms in total. The lowest BCUT2D eigenvalue weighted by molar-refractivity contribution is -0.139. The van der Waals surface area contributed by atoms with Crippen LogP contribution in [0.3, 0.4) is 0 Å². The van der Waals surface area contributed by atoms with Crippen LogP contribution in [0.1, 0.15) is 42.2 Å². The summed E-state index contributed by atoms with van der Waals surface area (Å²) in [4.78, 5) is 11.4. The third-order valence-electron chi connectivity index (χ3n) is 5.21. The Hall–Kier alpha value is -2.13. The van der Waals surface area contributed by atoms with Crippen LogP contribution in [-0.4, -0.2) is 17.6 Å². The molecular weight excluding hydrogens is 286 g/mol. The van der Waals surface area contributed by atoms with Gasteiger partial charge < -0.3 is 10.8 Å². The van der Waals surface area contributed by atoms with Crippen molar-refractivity contribution in [3.8, 4) is 0 Å². The zero-order chi connectivity index (χ0) is 16.3. The first-order valence-corrected chi connectivity index (χ1v) is 8.15. The molecule has 2 aromatic rings. The van der Waals surface area contributed by atoms with Crippen molar-refractivity contribution >= 4 is 5.97 Å². The zero-order valence-corrected chi connectivity index (χ0v) is 13.2. The van der Waals surface area contributed by atoms with Crippen molar-refractivity contribution in [2.24, 2.45) is 11.1 Å². The number of carbonyl (C=O) groups is 1. The van der Waals surface area contributed by atoms with E-state index in [1.54, 1.807) is 0 Å². The van der Waals surface area contributed by atoms with Gasteiger partial charge in [0.05, 0.1) is 6.42 Å². The molecule has 1 aliphatic rings. The highest BCUT2D eigenvalue weighted by Gasteiger charge is 2.46. The highest BCUT2D eigenvalue weighted by Crippen LogP contribution is 2.55. The van der Waals surface area contributed by atoms with E-state index in [4.69, 9.17) is 5.73 Å². The van der Waals surface area contributed by atoms with Crippen LogP contribution in [0.15, 0.2) is 60.7 Å². The number of rotatable bonds is 5. The van der Waals surface area contributed by atoms with Crippen LogP contribution in [0.25, 0.3) is 0 Å². The zero-order valence-electron chi connectivity index (χ0n) is 13.2. The largest absolute Gasteiger partial charge is 0.481 e. The maximum atomic E-state index is 11.4. The summed E-state index contributed by atoms with van der Waals surface area (Å²) >= 11 is 0. The fourth-order valence-electron chi connectivity index (χ4n) is 4.11. The Kier molecular flexibility index (Phi) is 4.49. The van der Waals surface area contributed by atoms with Crippen molar-refractivity contribution in [1.29, 1.82) is 0 Å². The van der Waals surface area contributed by atoms with Crippen LogP contribution < -0.4 is 5.73 Å². The number of carboxylic acid groups (broad SMARTS) is 1. The molecule has 0 spiro atoms. The molecule has 0 radical (unpaired) electrons. The van der Waals surface area contributed by atoms with Crippen LogP contribution in [0.2, 0.25) is 0 Å². The molecule has 1 aliphatic carbocycles. The van der Waals surface area contributed by atoms with E-state index in [-0.39, 0.29) is 11.8 Å². The topological polar surface area (TPSA) is 63.3 Å². The maximum absolute atomic E-state index is 11.4. The molecule has 0 heterocycles. The Balaban J connectivity index is 1.98. The van der Waals surface area contributed by atoms with Crippen molar-refractivity contribution in [2.75, 3.05) is 6.54 Å². The summed E-state index contributed by atoms with van der Waals surface area (Å²) in [6.07, 6.45) is 1.81. The minimum Gasteiger partial charge on any atom is -0.481 e. The second-order valence-corrected chi connectivity index (χ2v) is 6.72. The molecule has 3 rings (SSSR count). The average Bonchev–Trinajstić information content (AvgIpc) is 2.96. The summed E-state index contributed by atoms with van der Waals surface area (Å²) in [7, 11) is 0. The molecule has 1 saturated carbocycles. The van der Waals surface area contributed by atoms with E-state index >= 15 is 0 Å². The summed E-state index contributed by atoms with van der Waals surface area (Å²) in [5.41, 5.74) is 8.28. The maximum Gasteiger partial charge on any atom is 0.303 e. The predicted molar refractivity (Wildman–Crippen MR) is 91.3 cm³/mol. The number of hydrogen-bond donors (Lipinski definition) is 2. The van der Waals surface area contributed by atoms with E-state index in [0.717, 1.165) is 12.8 Å². The van der Waals surface area contributed by atoms with Gasteiger partial charge in [0.25, 0.3) is 0 Å². The summed E-state index contributed by atoms with van der Waals surface area (Å²) in [6, 6.07) is 20.8. The van der Waals surface area contributed by atoms with Crippen LogP contribution in [0.5, 0.6) is 0 Å². The summed E-state index contributed by atoms with van der Waals surface area (Å²) in [6.45, 7) is 0.423. The number of nitrogens with two attached hydrogens (primary N) is 1. The Morgan fingerprint density at radius 1 is 0.957 bits per heavy atom. The Bertz CT molecular complexity index is 606. The van der Waals surface area contributed by atoms with Crippen LogP contribution in [0.4, 0.5) is 0 Å². The Morgan fingerprint density at radius 2 is 1.39 bits per heavy atom. The van der Waals surface area contributed by atoms with Gasteiger partial charge in [-0.3, -0.25) is 4.79 Å². The molecule has 0 amide bonds. The molecule has 1 fully saturated rings. The first-order chi connectivity index (χ1) is 11.1. The van der Waals surface area contributed by atoms with Crippen molar-refractivity contribution in [2.45, 2.75) is 31.1 Å². The molecule has 2 atom stereocenters. The van der Waals surface area contributed by atoms with E-state index in [1.165, 1.54) is 11.1 Å². The minimum absolute atomic E-state index is 0.149. The normalized spacial score (nSPS) is 22.8. The molecule has 0 aliphatic heterocycles.